The number of nitrogens with zero attached hydrogens (tertiary/aromatic N) is 1. The molecule has 0 aliphatic carbocycles. The van der Waals surface area contributed by atoms with Crippen LogP contribution >= 0.6 is 0 Å². The Morgan fingerprint density at radius 1 is 1.25 bits per heavy atom. The second kappa shape index (κ2) is 5.38. The minimum absolute atomic E-state index is 0.167. The standard InChI is InChI=1S/C15H16N2O3/c1-10(16-7-12-3-4-13(18)8-17-12)11-2-5-14-15(6-11)20-9-19-14/h2-6,8,10,16,18H,7,9H2,1H3. The molecule has 1 aromatic heterocycles. The summed E-state index contributed by atoms with van der Waals surface area (Å²) in [6.07, 6.45) is 1.45. The number of hydrogen-bond acceptors (Lipinski definition) is 5. The summed E-state index contributed by atoms with van der Waals surface area (Å²) in [5.41, 5.74) is 2.02. The van der Waals surface area contributed by atoms with Crippen molar-refractivity contribution in [2.24, 2.45) is 0 Å². The summed E-state index contributed by atoms with van der Waals surface area (Å²) in [7, 11) is 0. The molecule has 0 amide bonds. The van der Waals surface area contributed by atoms with Gasteiger partial charge in [0.2, 0.25) is 6.79 Å². The van der Waals surface area contributed by atoms with Crippen molar-refractivity contribution in [3.63, 3.8) is 0 Å². The summed E-state index contributed by atoms with van der Waals surface area (Å²) >= 11 is 0. The fourth-order valence-electron chi connectivity index (χ4n) is 2.08. The van der Waals surface area contributed by atoms with Gasteiger partial charge in [0.1, 0.15) is 5.75 Å². The zero-order valence-electron chi connectivity index (χ0n) is 11.2. The minimum atomic E-state index is 0.167. The highest BCUT2D eigenvalue weighted by Gasteiger charge is 2.15. The second-order valence-electron chi connectivity index (χ2n) is 4.72. The van der Waals surface area contributed by atoms with Gasteiger partial charge in [0.15, 0.2) is 11.5 Å². The van der Waals surface area contributed by atoms with E-state index >= 15 is 0 Å². The first kappa shape index (κ1) is 12.7. The molecule has 20 heavy (non-hydrogen) atoms. The molecule has 5 nitrogen and oxygen atoms in total. The number of hydrogen-bond donors (Lipinski definition) is 2. The van der Waals surface area contributed by atoms with Gasteiger partial charge in [-0.2, -0.15) is 0 Å². The van der Waals surface area contributed by atoms with Gasteiger partial charge in [-0.15, -0.1) is 0 Å². The van der Waals surface area contributed by atoms with E-state index in [1.165, 1.54) is 6.20 Å². The zero-order valence-corrected chi connectivity index (χ0v) is 11.2. The quantitative estimate of drug-likeness (QED) is 0.894. The summed E-state index contributed by atoms with van der Waals surface area (Å²) in [6.45, 7) is 3.01. The molecule has 0 bridgehead atoms. The molecule has 2 N–H and O–H groups in total. The molecule has 104 valence electrons. The summed E-state index contributed by atoms with van der Waals surface area (Å²) in [5.74, 6) is 1.76. The van der Waals surface area contributed by atoms with Crippen molar-refractivity contribution in [3.8, 4) is 17.2 Å². The minimum Gasteiger partial charge on any atom is -0.506 e. The predicted octanol–water partition coefficient (Wildman–Crippen LogP) is 2.37. The fourth-order valence-corrected chi connectivity index (χ4v) is 2.08. The van der Waals surface area contributed by atoms with Crippen LogP contribution in [0.25, 0.3) is 0 Å². The van der Waals surface area contributed by atoms with Crippen molar-refractivity contribution in [1.29, 1.82) is 0 Å². The molecule has 0 spiro atoms. The molecule has 1 aliphatic heterocycles. The van der Waals surface area contributed by atoms with Crippen LogP contribution in [0.5, 0.6) is 17.2 Å². The Morgan fingerprint density at radius 2 is 2.10 bits per heavy atom. The van der Waals surface area contributed by atoms with Gasteiger partial charge in [-0.3, -0.25) is 4.98 Å². The molecule has 2 aromatic rings. The van der Waals surface area contributed by atoms with Crippen molar-refractivity contribution < 1.29 is 14.6 Å². The van der Waals surface area contributed by atoms with E-state index in [1.54, 1.807) is 12.1 Å². The number of aromatic nitrogens is 1. The Morgan fingerprint density at radius 3 is 2.90 bits per heavy atom. The molecule has 2 heterocycles. The van der Waals surface area contributed by atoms with Crippen LogP contribution in [0.3, 0.4) is 0 Å². The highest BCUT2D eigenvalue weighted by molar-refractivity contribution is 5.45. The molecule has 0 saturated carbocycles. The Kier molecular flexibility index (Phi) is 3.43. The van der Waals surface area contributed by atoms with Crippen molar-refractivity contribution in [1.82, 2.24) is 10.3 Å². The predicted molar refractivity (Wildman–Crippen MR) is 73.7 cm³/mol. The molecule has 1 unspecified atom stereocenters. The maximum Gasteiger partial charge on any atom is 0.231 e. The van der Waals surface area contributed by atoms with E-state index in [9.17, 15) is 5.11 Å². The van der Waals surface area contributed by atoms with Crippen LogP contribution < -0.4 is 14.8 Å². The average Bonchev–Trinajstić information content (AvgIpc) is 2.93. The van der Waals surface area contributed by atoms with Gasteiger partial charge >= 0.3 is 0 Å². The van der Waals surface area contributed by atoms with Crippen LogP contribution in [0.15, 0.2) is 36.5 Å². The molecular weight excluding hydrogens is 256 g/mol. The average molecular weight is 272 g/mol. The van der Waals surface area contributed by atoms with Gasteiger partial charge in [-0.25, -0.2) is 0 Å². The first-order chi connectivity index (χ1) is 9.72. The van der Waals surface area contributed by atoms with E-state index in [2.05, 4.69) is 17.2 Å². The summed E-state index contributed by atoms with van der Waals surface area (Å²) in [5, 5.41) is 12.6. The van der Waals surface area contributed by atoms with Crippen LogP contribution in [-0.4, -0.2) is 16.9 Å². The second-order valence-corrected chi connectivity index (χ2v) is 4.72. The maximum absolute atomic E-state index is 9.19. The molecular formula is C15H16N2O3. The first-order valence-electron chi connectivity index (χ1n) is 6.49. The number of benzene rings is 1. The van der Waals surface area contributed by atoms with Crippen LogP contribution in [-0.2, 0) is 6.54 Å². The number of aromatic hydroxyl groups is 1. The summed E-state index contributed by atoms with van der Waals surface area (Å²) < 4.78 is 10.7. The lowest BCUT2D eigenvalue weighted by Gasteiger charge is -2.14. The number of nitrogens with one attached hydrogen (secondary N) is 1. The van der Waals surface area contributed by atoms with Crippen LogP contribution in [0.2, 0.25) is 0 Å². The van der Waals surface area contributed by atoms with E-state index in [-0.39, 0.29) is 18.6 Å². The molecule has 1 aromatic carbocycles. The highest BCUT2D eigenvalue weighted by atomic mass is 16.7. The van der Waals surface area contributed by atoms with Crippen LogP contribution in [0.4, 0.5) is 0 Å². The lowest BCUT2D eigenvalue weighted by molar-refractivity contribution is 0.174. The van der Waals surface area contributed by atoms with E-state index < -0.39 is 0 Å². The normalized spacial score (nSPS) is 14.2. The molecule has 0 saturated heterocycles. The summed E-state index contributed by atoms with van der Waals surface area (Å²) in [6, 6.07) is 9.54. The van der Waals surface area contributed by atoms with Gasteiger partial charge in [0, 0.05) is 12.6 Å². The number of ether oxygens (including phenoxy) is 2. The van der Waals surface area contributed by atoms with Gasteiger partial charge < -0.3 is 19.9 Å². The third-order valence-electron chi connectivity index (χ3n) is 3.30. The first-order valence-corrected chi connectivity index (χ1v) is 6.49. The van der Waals surface area contributed by atoms with Gasteiger partial charge in [-0.05, 0) is 36.8 Å². The van der Waals surface area contributed by atoms with Crippen LogP contribution in [0.1, 0.15) is 24.2 Å². The van der Waals surface area contributed by atoms with Gasteiger partial charge in [0.05, 0.1) is 11.9 Å². The Labute approximate surface area is 117 Å². The van der Waals surface area contributed by atoms with E-state index in [0.717, 1.165) is 22.8 Å². The third kappa shape index (κ3) is 2.67. The molecule has 0 radical (unpaired) electrons. The van der Waals surface area contributed by atoms with Crippen LogP contribution in [0, 0.1) is 0 Å². The largest absolute Gasteiger partial charge is 0.506 e. The van der Waals surface area contributed by atoms with Crippen molar-refractivity contribution in [2.75, 3.05) is 6.79 Å². The third-order valence-corrected chi connectivity index (χ3v) is 3.30. The Hall–Kier alpha value is -2.27. The van der Waals surface area contributed by atoms with Crippen molar-refractivity contribution in [3.05, 3.63) is 47.8 Å². The fraction of sp³-hybridized carbons (Fsp3) is 0.267. The SMILES string of the molecule is CC(NCc1ccc(O)cn1)c1ccc2c(c1)OCO2. The van der Waals surface area contributed by atoms with Gasteiger partial charge in [-0.1, -0.05) is 6.07 Å². The van der Waals surface area contributed by atoms with E-state index in [4.69, 9.17) is 9.47 Å². The lowest BCUT2D eigenvalue weighted by Crippen LogP contribution is -2.18. The number of rotatable bonds is 4. The lowest BCUT2D eigenvalue weighted by atomic mass is 10.1. The zero-order chi connectivity index (χ0) is 13.9. The Bertz CT molecular complexity index is 599. The van der Waals surface area contributed by atoms with E-state index in [1.807, 2.05) is 18.2 Å². The molecule has 0 fully saturated rings. The number of fused-ring (bicyclic) bond motifs is 1. The Balaban J connectivity index is 1.64. The summed E-state index contributed by atoms with van der Waals surface area (Å²) in [4.78, 5) is 4.14. The maximum atomic E-state index is 9.19. The van der Waals surface area contributed by atoms with Crippen molar-refractivity contribution in [2.45, 2.75) is 19.5 Å². The smallest absolute Gasteiger partial charge is 0.231 e. The topological polar surface area (TPSA) is 63.6 Å². The highest BCUT2D eigenvalue weighted by Crippen LogP contribution is 2.34. The molecule has 3 rings (SSSR count). The van der Waals surface area contributed by atoms with Gasteiger partial charge in [0.25, 0.3) is 0 Å². The monoisotopic (exact) mass is 272 g/mol. The molecule has 1 aliphatic rings. The molecule has 1 atom stereocenters. The molecule has 5 heteroatoms. The number of pyridine rings is 1. The van der Waals surface area contributed by atoms with Crippen molar-refractivity contribution >= 4 is 0 Å². The van der Waals surface area contributed by atoms with E-state index in [0.29, 0.717) is 6.54 Å².